The van der Waals surface area contributed by atoms with Gasteiger partial charge in [-0.15, -0.1) is 0 Å². The maximum atomic E-state index is 11.5. The molecular formula is C9H10FNO4. The second-order valence-electron chi connectivity index (χ2n) is 3.03. The molecule has 0 spiro atoms. The van der Waals surface area contributed by atoms with Gasteiger partial charge in [0.1, 0.15) is 6.04 Å². The van der Waals surface area contributed by atoms with E-state index in [2.05, 4.69) is 4.94 Å². The first-order valence-corrected chi connectivity index (χ1v) is 4.13. The van der Waals surface area contributed by atoms with Gasteiger partial charge in [-0.1, -0.05) is 6.07 Å². The maximum Gasteiger partial charge on any atom is 0.365 e. The van der Waals surface area contributed by atoms with E-state index >= 15 is 0 Å². The van der Waals surface area contributed by atoms with Crippen molar-refractivity contribution in [3.05, 3.63) is 23.8 Å². The summed E-state index contributed by atoms with van der Waals surface area (Å²) in [6, 6.07) is 2.80. The number of hydrogen-bond donors (Lipinski definition) is 3. The van der Waals surface area contributed by atoms with Crippen LogP contribution in [0, 0.1) is 0 Å². The van der Waals surface area contributed by atoms with Crippen molar-refractivity contribution in [2.24, 2.45) is 5.73 Å². The number of benzene rings is 1. The highest BCUT2D eigenvalue weighted by Crippen LogP contribution is 2.25. The molecule has 4 N–H and O–H groups in total. The molecule has 6 heteroatoms. The lowest BCUT2D eigenvalue weighted by atomic mass is 10.1. The van der Waals surface area contributed by atoms with Crippen LogP contribution < -0.4 is 5.73 Å². The minimum Gasteiger partial charge on any atom is -0.504 e. The van der Waals surface area contributed by atoms with Crippen LogP contribution in [0.4, 0.5) is 4.53 Å². The van der Waals surface area contributed by atoms with E-state index in [0.29, 0.717) is 5.56 Å². The third-order valence-electron chi connectivity index (χ3n) is 1.87. The fourth-order valence-corrected chi connectivity index (χ4v) is 1.09. The molecule has 0 amide bonds. The zero-order chi connectivity index (χ0) is 11.4. The molecule has 15 heavy (non-hydrogen) atoms. The summed E-state index contributed by atoms with van der Waals surface area (Å²) in [4.78, 5) is 13.6. The van der Waals surface area contributed by atoms with Crippen LogP contribution in [0.2, 0.25) is 0 Å². The molecule has 0 aromatic heterocycles. The van der Waals surface area contributed by atoms with Gasteiger partial charge in [-0.05, 0) is 24.1 Å². The minimum absolute atomic E-state index is 0.0105. The van der Waals surface area contributed by atoms with Crippen LogP contribution in [0.5, 0.6) is 11.5 Å². The van der Waals surface area contributed by atoms with E-state index < -0.39 is 12.0 Å². The smallest absolute Gasteiger partial charge is 0.365 e. The lowest BCUT2D eigenvalue weighted by Gasteiger charge is -2.07. The monoisotopic (exact) mass is 215 g/mol. The molecule has 0 aliphatic rings. The molecular weight excluding hydrogens is 205 g/mol. The van der Waals surface area contributed by atoms with Gasteiger partial charge in [-0.3, -0.25) is 4.94 Å². The van der Waals surface area contributed by atoms with Crippen molar-refractivity contribution in [1.82, 2.24) is 0 Å². The van der Waals surface area contributed by atoms with Crippen LogP contribution in [0.1, 0.15) is 5.56 Å². The SMILES string of the molecule is NC(Cc1ccc(O)c(O)c1)C(=O)OF. The number of carbonyl (C=O) groups is 1. The first kappa shape index (κ1) is 11.3. The molecule has 0 fully saturated rings. The van der Waals surface area contributed by atoms with E-state index in [-0.39, 0.29) is 17.9 Å². The summed E-state index contributed by atoms with van der Waals surface area (Å²) in [6.07, 6.45) is 0.0105. The van der Waals surface area contributed by atoms with Crippen LogP contribution >= 0.6 is 0 Å². The number of rotatable bonds is 3. The van der Waals surface area contributed by atoms with E-state index in [1.54, 1.807) is 0 Å². The molecule has 1 aromatic rings. The van der Waals surface area contributed by atoms with E-state index in [0.717, 1.165) is 0 Å². The Morgan fingerprint density at radius 3 is 2.67 bits per heavy atom. The third kappa shape index (κ3) is 2.81. The van der Waals surface area contributed by atoms with Crippen LogP contribution in [0.25, 0.3) is 0 Å². The lowest BCUT2D eigenvalue weighted by Crippen LogP contribution is -2.32. The molecule has 1 rings (SSSR count). The average Bonchev–Trinajstić information content (AvgIpc) is 2.22. The van der Waals surface area contributed by atoms with Crippen molar-refractivity contribution in [2.45, 2.75) is 12.5 Å². The number of carbonyl (C=O) groups excluding carboxylic acids is 1. The summed E-state index contributed by atoms with van der Waals surface area (Å²) in [5, 5.41) is 18.1. The normalized spacial score (nSPS) is 12.1. The molecule has 0 aliphatic carbocycles. The predicted molar refractivity (Wildman–Crippen MR) is 48.7 cm³/mol. The number of phenolic OH excluding ortho intramolecular Hbond substituents is 2. The third-order valence-corrected chi connectivity index (χ3v) is 1.87. The van der Waals surface area contributed by atoms with Gasteiger partial charge in [0, 0.05) is 4.53 Å². The van der Waals surface area contributed by atoms with E-state index in [1.807, 2.05) is 0 Å². The largest absolute Gasteiger partial charge is 0.504 e. The van der Waals surface area contributed by atoms with Crippen molar-refractivity contribution in [2.75, 3.05) is 0 Å². The Labute approximate surface area is 84.8 Å². The first-order valence-electron chi connectivity index (χ1n) is 4.13. The van der Waals surface area contributed by atoms with Gasteiger partial charge in [0.05, 0.1) is 0 Å². The second kappa shape index (κ2) is 4.61. The number of aromatic hydroxyl groups is 2. The van der Waals surface area contributed by atoms with Gasteiger partial charge >= 0.3 is 5.97 Å². The molecule has 1 atom stereocenters. The lowest BCUT2D eigenvalue weighted by molar-refractivity contribution is -0.185. The Balaban J connectivity index is 2.73. The van der Waals surface area contributed by atoms with E-state index in [4.69, 9.17) is 15.9 Å². The first-order chi connectivity index (χ1) is 7.04. The quantitative estimate of drug-likeness (QED) is 0.634. The molecule has 0 saturated carbocycles. The zero-order valence-corrected chi connectivity index (χ0v) is 7.68. The molecule has 0 heterocycles. The Bertz CT molecular complexity index is 369. The van der Waals surface area contributed by atoms with Crippen molar-refractivity contribution >= 4 is 5.97 Å². The van der Waals surface area contributed by atoms with Crippen LogP contribution in [0.3, 0.4) is 0 Å². The average molecular weight is 215 g/mol. The summed E-state index contributed by atoms with van der Waals surface area (Å²) in [5.41, 5.74) is 5.78. The molecule has 0 saturated heterocycles. The van der Waals surface area contributed by atoms with Crippen molar-refractivity contribution in [3.63, 3.8) is 0 Å². The fraction of sp³-hybridized carbons (Fsp3) is 0.222. The molecule has 1 aromatic carbocycles. The number of phenols is 2. The summed E-state index contributed by atoms with van der Waals surface area (Å²) in [5.74, 6) is -1.78. The topological polar surface area (TPSA) is 92.8 Å². The maximum absolute atomic E-state index is 11.5. The van der Waals surface area contributed by atoms with Crippen molar-refractivity contribution < 1.29 is 24.5 Å². The Morgan fingerprint density at radius 1 is 1.47 bits per heavy atom. The Hall–Kier alpha value is -1.82. The second-order valence-corrected chi connectivity index (χ2v) is 3.03. The predicted octanol–water partition coefficient (Wildman–Crippen LogP) is 0.395. The molecule has 82 valence electrons. The molecule has 0 radical (unpaired) electrons. The zero-order valence-electron chi connectivity index (χ0n) is 7.68. The number of hydrogen-bond acceptors (Lipinski definition) is 5. The van der Waals surface area contributed by atoms with Gasteiger partial charge in [0.25, 0.3) is 0 Å². The van der Waals surface area contributed by atoms with Gasteiger partial charge < -0.3 is 15.9 Å². The van der Waals surface area contributed by atoms with Crippen molar-refractivity contribution in [3.8, 4) is 11.5 Å². The minimum atomic E-state index is -1.18. The molecule has 0 aliphatic heterocycles. The fourth-order valence-electron chi connectivity index (χ4n) is 1.09. The van der Waals surface area contributed by atoms with E-state index in [1.165, 1.54) is 18.2 Å². The highest BCUT2D eigenvalue weighted by molar-refractivity contribution is 5.75. The van der Waals surface area contributed by atoms with E-state index in [9.17, 15) is 9.32 Å². The van der Waals surface area contributed by atoms with Gasteiger partial charge in [0.2, 0.25) is 0 Å². The van der Waals surface area contributed by atoms with Crippen LogP contribution in [-0.4, -0.2) is 22.2 Å². The summed E-state index contributed by atoms with van der Waals surface area (Å²) >= 11 is 0. The van der Waals surface area contributed by atoms with Gasteiger partial charge in [0.15, 0.2) is 11.5 Å². The highest BCUT2D eigenvalue weighted by Gasteiger charge is 2.17. The molecule has 5 nitrogen and oxygen atoms in total. The number of halogens is 1. The van der Waals surface area contributed by atoms with Crippen molar-refractivity contribution in [1.29, 1.82) is 0 Å². The Kier molecular flexibility index (Phi) is 3.46. The number of nitrogens with two attached hydrogens (primary N) is 1. The van der Waals surface area contributed by atoms with Gasteiger partial charge in [-0.25, -0.2) is 4.79 Å². The highest BCUT2D eigenvalue weighted by atomic mass is 19.3. The molecule has 0 bridgehead atoms. The summed E-state index contributed by atoms with van der Waals surface area (Å²) in [6.45, 7) is 0. The van der Waals surface area contributed by atoms with Crippen LogP contribution in [0.15, 0.2) is 18.2 Å². The summed E-state index contributed by atoms with van der Waals surface area (Å²) in [7, 11) is 0. The molecule has 1 unspecified atom stereocenters. The van der Waals surface area contributed by atoms with Crippen LogP contribution in [-0.2, 0) is 16.2 Å². The Morgan fingerprint density at radius 2 is 2.13 bits per heavy atom. The summed E-state index contributed by atoms with van der Waals surface area (Å²) < 4.78 is 11.5. The van der Waals surface area contributed by atoms with Gasteiger partial charge in [-0.2, -0.15) is 0 Å². The standard InChI is InChI=1S/C9H10FNO4/c10-15-9(14)6(11)3-5-1-2-7(12)8(13)4-5/h1-2,4,6,12-13H,3,11H2.